The van der Waals surface area contributed by atoms with Crippen molar-refractivity contribution in [3.8, 4) is 0 Å². The summed E-state index contributed by atoms with van der Waals surface area (Å²) in [5.74, 6) is 1.21. The second-order valence-corrected chi connectivity index (χ2v) is 5.07. The minimum absolute atomic E-state index is 0.280. The average Bonchev–Trinajstić information content (AvgIpc) is 3.05. The molecule has 0 amide bonds. The molecule has 0 aliphatic carbocycles. The molecule has 2 aromatic heterocycles. The number of aromatic nitrogens is 3. The molecule has 3 heterocycles. The zero-order chi connectivity index (χ0) is 13.3. The molecule has 1 aliphatic heterocycles. The van der Waals surface area contributed by atoms with Gasteiger partial charge in [0.25, 0.3) is 0 Å². The number of methoxy groups -OCH3 is 1. The molecule has 0 bridgehead atoms. The standard InChI is InChI=1S/C13H16ClN3O2/c1-18-13(3-5-19-9-13)8-17-11-2-4-15-7-10(11)16-12(17)6-14/h2,4,7H,3,5-6,8-9H2,1H3. The Balaban J connectivity index is 2.03. The van der Waals surface area contributed by atoms with Crippen molar-refractivity contribution in [1.29, 1.82) is 0 Å². The fourth-order valence-electron chi connectivity index (χ4n) is 2.54. The zero-order valence-electron chi connectivity index (χ0n) is 10.8. The third kappa shape index (κ3) is 2.22. The smallest absolute Gasteiger partial charge is 0.125 e. The zero-order valence-corrected chi connectivity index (χ0v) is 11.6. The van der Waals surface area contributed by atoms with Crippen LogP contribution in [0.3, 0.4) is 0 Å². The van der Waals surface area contributed by atoms with E-state index >= 15 is 0 Å². The monoisotopic (exact) mass is 281 g/mol. The summed E-state index contributed by atoms with van der Waals surface area (Å²) in [5.41, 5.74) is 1.62. The van der Waals surface area contributed by atoms with Crippen LogP contribution < -0.4 is 0 Å². The second kappa shape index (κ2) is 5.07. The number of halogens is 1. The topological polar surface area (TPSA) is 49.2 Å². The van der Waals surface area contributed by atoms with Crippen LogP contribution in [0.4, 0.5) is 0 Å². The van der Waals surface area contributed by atoms with E-state index < -0.39 is 0 Å². The van der Waals surface area contributed by atoms with Crippen molar-refractivity contribution in [2.75, 3.05) is 20.3 Å². The molecule has 2 aromatic rings. The van der Waals surface area contributed by atoms with Gasteiger partial charge in [0.1, 0.15) is 16.9 Å². The molecule has 6 heteroatoms. The van der Waals surface area contributed by atoms with Gasteiger partial charge in [0.2, 0.25) is 0 Å². The Bertz CT molecular complexity index is 578. The molecule has 1 aliphatic rings. The van der Waals surface area contributed by atoms with Crippen LogP contribution in [0.2, 0.25) is 0 Å². The maximum absolute atomic E-state index is 6.00. The van der Waals surface area contributed by atoms with E-state index in [1.54, 1.807) is 19.5 Å². The highest BCUT2D eigenvalue weighted by atomic mass is 35.5. The highest BCUT2D eigenvalue weighted by Crippen LogP contribution is 2.27. The Labute approximate surface area is 116 Å². The normalized spacial score (nSPS) is 23.3. The Morgan fingerprint density at radius 3 is 3.16 bits per heavy atom. The first-order valence-corrected chi connectivity index (χ1v) is 6.79. The first kappa shape index (κ1) is 12.8. The molecular weight excluding hydrogens is 266 g/mol. The van der Waals surface area contributed by atoms with Crippen molar-refractivity contribution in [2.45, 2.75) is 24.4 Å². The fourth-order valence-corrected chi connectivity index (χ4v) is 2.74. The molecule has 0 N–H and O–H groups in total. The second-order valence-electron chi connectivity index (χ2n) is 4.80. The van der Waals surface area contributed by atoms with Gasteiger partial charge in [-0.1, -0.05) is 0 Å². The van der Waals surface area contributed by atoms with Gasteiger partial charge in [-0.15, -0.1) is 11.6 Å². The van der Waals surface area contributed by atoms with E-state index in [-0.39, 0.29) is 5.60 Å². The van der Waals surface area contributed by atoms with Crippen LogP contribution in [0.15, 0.2) is 18.5 Å². The first-order valence-electron chi connectivity index (χ1n) is 6.26. The van der Waals surface area contributed by atoms with E-state index in [0.29, 0.717) is 19.0 Å². The third-order valence-corrected chi connectivity index (χ3v) is 3.93. The van der Waals surface area contributed by atoms with Gasteiger partial charge in [-0.05, 0) is 6.07 Å². The van der Waals surface area contributed by atoms with Gasteiger partial charge in [0.15, 0.2) is 0 Å². The van der Waals surface area contributed by atoms with Crippen LogP contribution in [0.5, 0.6) is 0 Å². The van der Waals surface area contributed by atoms with Crippen LogP contribution in [-0.2, 0) is 21.9 Å². The summed E-state index contributed by atoms with van der Waals surface area (Å²) in [6, 6.07) is 1.96. The van der Waals surface area contributed by atoms with Gasteiger partial charge in [-0.3, -0.25) is 4.98 Å². The predicted molar refractivity (Wildman–Crippen MR) is 72.3 cm³/mol. The lowest BCUT2D eigenvalue weighted by molar-refractivity contribution is -0.0291. The summed E-state index contributed by atoms with van der Waals surface area (Å²) in [6.45, 7) is 2.04. The van der Waals surface area contributed by atoms with Crippen LogP contribution in [0, 0.1) is 0 Å². The number of nitrogens with zero attached hydrogens (tertiary/aromatic N) is 3. The van der Waals surface area contributed by atoms with E-state index in [2.05, 4.69) is 14.5 Å². The molecule has 0 spiro atoms. The van der Waals surface area contributed by atoms with Gasteiger partial charge < -0.3 is 14.0 Å². The number of fused-ring (bicyclic) bond motifs is 1. The van der Waals surface area contributed by atoms with Crippen LogP contribution in [0.1, 0.15) is 12.2 Å². The van der Waals surface area contributed by atoms with E-state index in [1.807, 2.05) is 6.07 Å². The minimum atomic E-state index is -0.280. The number of hydrogen-bond acceptors (Lipinski definition) is 4. The Morgan fingerprint density at radius 1 is 1.58 bits per heavy atom. The Morgan fingerprint density at radius 2 is 2.47 bits per heavy atom. The van der Waals surface area contributed by atoms with Gasteiger partial charge >= 0.3 is 0 Å². The highest BCUT2D eigenvalue weighted by molar-refractivity contribution is 6.16. The number of hydrogen-bond donors (Lipinski definition) is 0. The van der Waals surface area contributed by atoms with Crippen molar-refractivity contribution >= 4 is 22.6 Å². The number of rotatable bonds is 4. The molecular formula is C13H16ClN3O2. The Hall–Kier alpha value is -1.17. The lowest BCUT2D eigenvalue weighted by Gasteiger charge is -2.27. The number of imidazole rings is 1. The van der Waals surface area contributed by atoms with Gasteiger partial charge in [-0.2, -0.15) is 0 Å². The number of pyridine rings is 1. The molecule has 19 heavy (non-hydrogen) atoms. The molecule has 0 aromatic carbocycles. The van der Waals surface area contributed by atoms with E-state index in [0.717, 1.165) is 29.9 Å². The molecule has 0 radical (unpaired) electrons. The predicted octanol–water partition coefficient (Wildman–Crippen LogP) is 1.98. The van der Waals surface area contributed by atoms with Crippen molar-refractivity contribution in [2.24, 2.45) is 0 Å². The summed E-state index contributed by atoms with van der Waals surface area (Å²) in [6.07, 6.45) is 4.41. The van der Waals surface area contributed by atoms with E-state index in [9.17, 15) is 0 Å². The third-order valence-electron chi connectivity index (χ3n) is 3.70. The largest absolute Gasteiger partial charge is 0.378 e. The first-order chi connectivity index (χ1) is 9.28. The fraction of sp³-hybridized carbons (Fsp3) is 0.538. The molecule has 1 unspecified atom stereocenters. The van der Waals surface area contributed by atoms with Crippen LogP contribution >= 0.6 is 11.6 Å². The summed E-state index contributed by atoms with van der Waals surface area (Å²) in [4.78, 5) is 8.61. The summed E-state index contributed by atoms with van der Waals surface area (Å²) < 4.78 is 13.3. The van der Waals surface area contributed by atoms with Crippen LogP contribution in [0.25, 0.3) is 11.0 Å². The van der Waals surface area contributed by atoms with Crippen molar-refractivity contribution in [1.82, 2.24) is 14.5 Å². The van der Waals surface area contributed by atoms with Crippen molar-refractivity contribution in [3.05, 3.63) is 24.3 Å². The summed E-state index contributed by atoms with van der Waals surface area (Å²) in [7, 11) is 1.73. The Kier molecular flexibility index (Phi) is 3.43. The molecule has 102 valence electrons. The maximum atomic E-state index is 6.00. The molecule has 5 nitrogen and oxygen atoms in total. The number of ether oxygens (including phenoxy) is 2. The summed E-state index contributed by atoms with van der Waals surface area (Å²) in [5, 5.41) is 0. The molecule has 1 saturated heterocycles. The van der Waals surface area contributed by atoms with Crippen molar-refractivity contribution in [3.63, 3.8) is 0 Å². The average molecular weight is 282 g/mol. The van der Waals surface area contributed by atoms with Crippen LogP contribution in [-0.4, -0.2) is 40.5 Å². The molecule has 1 fully saturated rings. The van der Waals surface area contributed by atoms with Gasteiger partial charge in [0, 0.05) is 26.3 Å². The lowest BCUT2D eigenvalue weighted by atomic mass is 10.0. The summed E-state index contributed by atoms with van der Waals surface area (Å²) >= 11 is 6.00. The van der Waals surface area contributed by atoms with Gasteiger partial charge in [0.05, 0.1) is 30.7 Å². The van der Waals surface area contributed by atoms with Crippen molar-refractivity contribution < 1.29 is 9.47 Å². The maximum Gasteiger partial charge on any atom is 0.125 e. The van der Waals surface area contributed by atoms with E-state index in [4.69, 9.17) is 21.1 Å². The quantitative estimate of drug-likeness (QED) is 0.804. The SMILES string of the molecule is COC1(Cn2c(CCl)nc3cnccc32)CCOC1. The highest BCUT2D eigenvalue weighted by Gasteiger charge is 2.36. The molecule has 3 rings (SSSR count). The van der Waals surface area contributed by atoms with Gasteiger partial charge in [-0.25, -0.2) is 4.98 Å². The number of alkyl halides is 1. The van der Waals surface area contributed by atoms with E-state index in [1.165, 1.54) is 0 Å². The lowest BCUT2D eigenvalue weighted by Crippen LogP contribution is -2.37. The molecule has 1 atom stereocenters. The molecule has 0 saturated carbocycles. The minimum Gasteiger partial charge on any atom is -0.378 e.